The Kier molecular flexibility index (Phi) is 4.22. The fourth-order valence-corrected chi connectivity index (χ4v) is 3.17. The molecule has 0 aliphatic heterocycles. The standard InChI is InChI=1S/C9H18ClNO2S/c1-7-3-4-9(8(2)5-7)11-14(12,13)6-10/h7-9,11H,3-6H2,1-2H3. The molecule has 84 valence electrons. The molecule has 0 amide bonds. The lowest BCUT2D eigenvalue weighted by Crippen LogP contribution is -2.42. The zero-order chi connectivity index (χ0) is 10.8. The van der Waals surface area contributed by atoms with E-state index in [1.807, 2.05) is 0 Å². The summed E-state index contributed by atoms with van der Waals surface area (Å²) in [6.07, 6.45) is 3.12. The monoisotopic (exact) mass is 239 g/mol. The van der Waals surface area contributed by atoms with Crippen molar-refractivity contribution >= 4 is 21.6 Å². The van der Waals surface area contributed by atoms with E-state index in [1.165, 1.54) is 0 Å². The minimum Gasteiger partial charge on any atom is -0.211 e. The van der Waals surface area contributed by atoms with Crippen LogP contribution in [0.15, 0.2) is 0 Å². The Balaban J connectivity index is 2.54. The second-order valence-corrected chi connectivity index (χ2v) is 6.68. The first kappa shape index (κ1) is 12.3. The Bertz CT molecular complexity index is 279. The van der Waals surface area contributed by atoms with Crippen molar-refractivity contribution in [1.29, 1.82) is 0 Å². The van der Waals surface area contributed by atoms with Gasteiger partial charge in [0.1, 0.15) is 5.21 Å². The summed E-state index contributed by atoms with van der Waals surface area (Å²) in [4.78, 5) is 0. The van der Waals surface area contributed by atoms with E-state index >= 15 is 0 Å². The van der Waals surface area contributed by atoms with Gasteiger partial charge >= 0.3 is 0 Å². The molecule has 1 rings (SSSR count). The number of alkyl halides is 1. The van der Waals surface area contributed by atoms with Gasteiger partial charge in [0.25, 0.3) is 0 Å². The first-order valence-electron chi connectivity index (χ1n) is 5.00. The molecule has 0 spiro atoms. The van der Waals surface area contributed by atoms with Crippen LogP contribution >= 0.6 is 11.6 Å². The second kappa shape index (κ2) is 4.81. The predicted molar refractivity (Wildman–Crippen MR) is 58.7 cm³/mol. The molecule has 0 aromatic heterocycles. The van der Waals surface area contributed by atoms with Crippen molar-refractivity contribution in [3.05, 3.63) is 0 Å². The van der Waals surface area contributed by atoms with Crippen LogP contribution in [0.2, 0.25) is 0 Å². The zero-order valence-corrected chi connectivity index (χ0v) is 10.2. The first-order valence-corrected chi connectivity index (χ1v) is 7.19. The predicted octanol–water partition coefficient (Wildman–Crippen LogP) is 1.93. The second-order valence-electron chi connectivity index (χ2n) is 4.34. The van der Waals surface area contributed by atoms with E-state index < -0.39 is 10.0 Å². The summed E-state index contributed by atoms with van der Waals surface area (Å²) in [6, 6.07) is 0.0787. The van der Waals surface area contributed by atoms with Gasteiger partial charge in [-0.15, -0.1) is 11.6 Å². The van der Waals surface area contributed by atoms with Crippen LogP contribution in [0, 0.1) is 11.8 Å². The number of halogens is 1. The molecule has 0 saturated heterocycles. The van der Waals surface area contributed by atoms with Crippen LogP contribution in [0.3, 0.4) is 0 Å². The van der Waals surface area contributed by atoms with Crippen molar-refractivity contribution in [2.24, 2.45) is 11.8 Å². The van der Waals surface area contributed by atoms with Crippen molar-refractivity contribution in [2.75, 3.05) is 5.21 Å². The molecule has 1 saturated carbocycles. The minimum absolute atomic E-state index is 0.0787. The molecular formula is C9H18ClNO2S. The van der Waals surface area contributed by atoms with Crippen molar-refractivity contribution in [3.8, 4) is 0 Å². The molecule has 1 aliphatic rings. The van der Waals surface area contributed by atoms with E-state index in [9.17, 15) is 8.42 Å². The van der Waals surface area contributed by atoms with Crippen molar-refractivity contribution in [2.45, 2.75) is 39.2 Å². The molecule has 5 heteroatoms. The van der Waals surface area contributed by atoms with Gasteiger partial charge in [-0.2, -0.15) is 0 Å². The van der Waals surface area contributed by atoms with Gasteiger partial charge in [0.15, 0.2) is 0 Å². The fourth-order valence-electron chi connectivity index (χ4n) is 2.10. The summed E-state index contributed by atoms with van der Waals surface area (Å²) in [6.45, 7) is 4.31. The maximum atomic E-state index is 11.3. The quantitative estimate of drug-likeness (QED) is 0.765. The number of nitrogens with one attached hydrogen (secondary N) is 1. The van der Waals surface area contributed by atoms with E-state index in [2.05, 4.69) is 18.6 Å². The smallest absolute Gasteiger partial charge is 0.211 e. The average Bonchev–Trinajstić information content (AvgIpc) is 2.10. The highest BCUT2D eigenvalue weighted by atomic mass is 35.5. The Labute approximate surface area is 91.3 Å². The number of hydrogen-bond donors (Lipinski definition) is 1. The normalized spacial score (nSPS) is 34.4. The van der Waals surface area contributed by atoms with Crippen LogP contribution < -0.4 is 4.72 Å². The summed E-state index contributed by atoms with van der Waals surface area (Å²) in [7, 11) is -3.25. The van der Waals surface area contributed by atoms with Gasteiger partial charge in [0, 0.05) is 6.04 Å². The molecule has 0 radical (unpaired) electrons. The van der Waals surface area contributed by atoms with Gasteiger partial charge in [0.05, 0.1) is 0 Å². The maximum Gasteiger partial charge on any atom is 0.225 e. The van der Waals surface area contributed by atoms with Gasteiger partial charge < -0.3 is 0 Å². The first-order chi connectivity index (χ1) is 6.44. The molecule has 1 aliphatic carbocycles. The average molecular weight is 240 g/mol. The fraction of sp³-hybridized carbons (Fsp3) is 1.00. The van der Waals surface area contributed by atoms with Crippen molar-refractivity contribution < 1.29 is 8.42 Å². The molecule has 0 heterocycles. The Morgan fingerprint density at radius 3 is 2.50 bits per heavy atom. The van der Waals surface area contributed by atoms with E-state index in [0.29, 0.717) is 11.8 Å². The number of hydrogen-bond acceptors (Lipinski definition) is 2. The SMILES string of the molecule is CC1CCC(NS(=O)(=O)CCl)C(C)C1. The third-order valence-corrected chi connectivity index (χ3v) is 4.72. The molecular weight excluding hydrogens is 222 g/mol. The summed E-state index contributed by atoms with van der Waals surface area (Å²) in [5.41, 5.74) is 0. The van der Waals surface area contributed by atoms with Gasteiger partial charge in [-0.1, -0.05) is 13.8 Å². The zero-order valence-electron chi connectivity index (χ0n) is 8.66. The largest absolute Gasteiger partial charge is 0.225 e. The molecule has 0 bridgehead atoms. The topological polar surface area (TPSA) is 46.2 Å². The highest BCUT2D eigenvalue weighted by Gasteiger charge is 2.28. The molecule has 0 aromatic rings. The summed E-state index contributed by atoms with van der Waals surface area (Å²) >= 11 is 5.34. The van der Waals surface area contributed by atoms with E-state index in [4.69, 9.17) is 11.6 Å². The highest BCUT2D eigenvalue weighted by molar-refractivity contribution is 7.90. The van der Waals surface area contributed by atoms with Crippen LogP contribution in [0.5, 0.6) is 0 Å². The summed E-state index contributed by atoms with van der Waals surface area (Å²) in [5.74, 6) is 1.12. The molecule has 0 aromatic carbocycles. The third kappa shape index (κ3) is 3.41. The molecule has 3 nitrogen and oxygen atoms in total. The van der Waals surface area contributed by atoms with Crippen molar-refractivity contribution in [1.82, 2.24) is 4.72 Å². The van der Waals surface area contributed by atoms with Gasteiger partial charge in [-0.3, -0.25) is 0 Å². The van der Waals surface area contributed by atoms with Crippen LogP contribution in [-0.2, 0) is 10.0 Å². The Morgan fingerprint density at radius 2 is 2.00 bits per heavy atom. The maximum absolute atomic E-state index is 11.3. The molecule has 14 heavy (non-hydrogen) atoms. The number of sulfonamides is 1. The number of rotatable bonds is 3. The van der Waals surface area contributed by atoms with Gasteiger partial charge in [-0.05, 0) is 31.1 Å². The van der Waals surface area contributed by atoms with E-state index in [-0.39, 0.29) is 11.3 Å². The van der Waals surface area contributed by atoms with Crippen LogP contribution in [-0.4, -0.2) is 19.7 Å². The highest BCUT2D eigenvalue weighted by Crippen LogP contribution is 2.28. The molecule has 3 unspecified atom stereocenters. The van der Waals surface area contributed by atoms with Gasteiger partial charge in [-0.25, -0.2) is 13.1 Å². The summed E-state index contributed by atoms with van der Waals surface area (Å²) < 4.78 is 25.2. The third-order valence-electron chi connectivity index (χ3n) is 2.91. The summed E-state index contributed by atoms with van der Waals surface area (Å²) in [5, 5.41) is -0.341. The van der Waals surface area contributed by atoms with Crippen molar-refractivity contribution in [3.63, 3.8) is 0 Å². The van der Waals surface area contributed by atoms with Gasteiger partial charge in [0.2, 0.25) is 10.0 Å². The van der Waals surface area contributed by atoms with Crippen LogP contribution in [0.4, 0.5) is 0 Å². The molecule has 3 atom stereocenters. The van der Waals surface area contributed by atoms with E-state index in [1.54, 1.807) is 0 Å². The Hall–Kier alpha value is 0.200. The Morgan fingerprint density at radius 1 is 1.36 bits per heavy atom. The lowest BCUT2D eigenvalue weighted by atomic mass is 9.80. The molecule has 1 fully saturated rings. The lowest BCUT2D eigenvalue weighted by Gasteiger charge is -2.32. The van der Waals surface area contributed by atoms with E-state index in [0.717, 1.165) is 19.3 Å². The minimum atomic E-state index is -3.25. The lowest BCUT2D eigenvalue weighted by molar-refractivity contribution is 0.249. The van der Waals surface area contributed by atoms with Crippen LogP contribution in [0.25, 0.3) is 0 Å². The molecule has 1 N–H and O–H groups in total. The van der Waals surface area contributed by atoms with Crippen LogP contribution in [0.1, 0.15) is 33.1 Å².